The van der Waals surface area contributed by atoms with Gasteiger partial charge in [0.2, 0.25) is 0 Å². The van der Waals surface area contributed by atoms with Crippen LogP contribution in [0.2, 0.25) is 25.7 Å². The molecule has 12 nitrogen and oxygen atoms in total. The first-order chi connectivity index (χ1) is 27.0. The lowest BCUT2D eigenvalue weighted by atomic mass is 9.88. The fourth-order valence-corrected chi connectivity index (χ4v) is 8.85. The van der Waals surface area contributed by atoms with Gasteiger partial charge in [0, 0.05) is 51.5 Å². The van der Waals surface area contributed by atoms with Crippen LogP contribution in [0.25, 0.3) is 22.6 Å². The SMILES string of the molecule is CC1(c2ccc(C#N)cc2F)Oc2cccc(C3CCN(Cc4nc5cc(-c6nnc(C7CC7)n6COCC[Si](C)(C)C)cnc5n4C[C@@H]4CCO4)CC3)c2O1. The number of hydrogen-bond acceptors (Lipinski definition) is 10. The van der Waals surface area contributed by atoms with E-state index in [0.717, 1.165) is 104 Å². The number of ether oxygens (including phenoxy) is 4. The van der Waals surface area contributed by atoms with Gasteiger partial charge < -0.3 is 23.5 Å². The molecule has 9 rings (SSSR count). The summed E-state index contributed by atoms with van der Waals surface area (Å²) in [6.07, 6.45) is 7.20. The van der Waals surface area contributed by atoms with E-state index in [2.05, 4.69) is 56.0 Å². The lowest BCUT2D eigenvalue weighted by Crippen LogP contribution is -2.35. The number of pyridine rings is 1. The van der Waals surface area contributed by atoms with Gasteiger partial charge in [-0.25, -0.2) is 14.4 Å². The lowest BCUT2D eigenvalue weighted by Gasteiger charge is -2.33. The number of fused-ring (bicyclic) bond motifs is 2. The van der Waals surface area contributed by atoms with Gasteiger partial charge in [-0.1, -0.05) is 31.8 Å². The van der Waals surface area contributed by atoms with Gasteiger partial charge in [-0.2, -0.15) is 5.26 Å². The number of hydrogen-bond donors (Lipinski definition) is 0. The van der Waals surface area contributed by atoms with Crippen LogP contribution in [-0.4, -0.2) is 74.7 Å². The van der Waals surface area contributed by atoms with Gasteiger partial charge in [-0.15, -0.1) is 10.2 Å². The summed E-state index contributed by atoms with van der Waals surface area (Å²) in [5.74, 6) is 2.86. The van der Waals surface area contributed by atoms with Crippen molar-refractivity contribution in [3.63, 3.8) is 0 Å². The molecule has 2 aromatic carbocycles. The van der Waals surface area contributed by atoms with Crippen molar-refractivity contribution in [2.75, 3.05) is 26.3 Å². The zero-order chi connectivity index (χ0) is 38.6. The third-order valence-electron chi connectivity index (χ3n) is 11.6. The van der Waals surface area contributed by atoms with E-state index in [9.17, 15) is 5.26 Å². The Morgan fingerprint density at radius 2 is 1.82 bits per heavy atom. The van der Waals surface area contributed by atoms with E-state index in [1.807, 2.05) is 24.4 Å². The highest BCUT2D eigenvalue weighted by molar-refractivity contribution is 6.76. The Labute approximate surface area is 327 Å². The summed E-state index contributed by atoms with van der Waals surface area (Å²) < 4.78 is 44.3. The monoisotopic (exact) mass is 776 g/mol. The number of piperidine rings is 1. The smallest absolute Gasteiger partial charge is 0.278 e. The molecule has 4 aliphatic rings. The molecule has 2 saturated heterocycles. The highest BCUT2D eigenvalue weighted by Gasteiger charge is 2.43. The number of imidazole rings is 1. The highest BCUT2D eigenvalue weighted by atomic mass is 28.3. The van der Waals surface area contributed by atoms with E-state index in [1.165, 1.54) is 6.07 Å². The molecule has 0 bridgehead atoms. The standard InChI is InChI=1S/C42H49FN8O4Si/c1-42(33-11-8-27(22-44)20-34(33)43)54-36-7-5-6-32(38(36)55-42)28-12-15-49(16-13-28)25-37-46-35-21-30(23-45-41(35)50(37)24-31-14-17-53-31)40-48-47-39(29-9-10-29)51(40)26-52-18-19-56(2,3)4/h5-8,11,20-21,23,28-29,31H,9-10,12-19,24-26H2,1-4H3/t31-,42?/m0/s1. The van der Waals surface area contributed by atoms with Crippen LogP contribution in [0.15, 0.2) is 48.7 Å². The number of benzene rings is 2. The molecular formula is C42H49FN8O4Si. The van der Waals surface area contributed by atoms with Crippen LogP contribution in [0, 0.1) is 17.1 Å². The van der Waals surface area contributed by atoms with Crippen LogP contribution >= 0.6 is 0 Å². The molecule has 292 valence electrons. The first kappa shape index (κ1) is 36.9. The van der Waals surface area contributed by atoms with E-state index in [0.29, 0.717) is 37.2 Å². The Kier molecular flexibility index (Phi) is 9.68. The Balaban J connectivity index is 0.919. The summed E-state index contributed by atoms with van der Waals surface area (Å²) in [5.41, 5.74) is 4.17. The Morgan fingerprint density at radius 3 is 2.54 bits per heavy atom. The van der Waals surface area contributed by atoms with Crippen molar-refractivity contribution in [1.29, 1.82) is 5.26 Å². The van der Waals surface area contributed by atoms with E-state index in [1.54, 1.807) is 19.1 Å². The third-order valence-corrected chi connectivity index (χ3v) is 13.3. The molecule has 3 aromatic heterocycles. The highest BCUT2D eigenvalue weighted by Crippen LogP contribution is 2.50. The molecule has 6 heterocycles. The topological polar surface area (TPSA) is 125 Å². The maximum absolute atomic E-state index is 15.1. The van der Waals surface area contributed by atoms with Crippen molar-refractivity contribution in [2.45, 2.75) is 108 Å². The number of aromatic nitrogens is 6. The lowest BCUT2D eigenvalue weighted by molar-refractivity contribution is -0.0712. The second-order valence-corrected chi connectivity index (χ2v) is 22.7. The fraction of sp³-hybridized carbons (Fsp3) is 0.500. The third kappa shape index (κ3) is 7.33. The molecule has 1 saturated carbocycles. The molecule has 2 atom stereocenters. The number of nitrogens with zero attached hydrogens (tertiary/aromatic N) is 8. The van der Waals surface area contributed by atoms with Crippen LogP contribution in [0.4, 0.5) is 4.39 Å². The molecule has 0 amide bonds. The molecule has 0 spiro atoms. The van der Waals surface area contributed by atoms with E-state index >= 15 is 4.39 Å². The average molecular weight is 777 g/mol. The van der Waals surface area contributed by atoms with Crippen LogP contribution in [0.1, 0.15) is 79.2 Å². The van der Waals surface area contributed by atoms with Crippen molar-refractivity contribution in [3.05, 3.63) is 82.8 Å². The van der Waals surface area contributed by atoms with E-state index < -0.39 is 19.7 Å². The summed E-state index contributed by atoms with van der Waals surface area (Å²) in [7, 11) is -1.21. The zero-order valence-electron chi connectivity index (χ0n) is 32.6. The molecular weight excluding hydrogens is 728 g/mol. The average Bonchev–Trinajstić information content (AvgIpc) is 3.68. The first-order valence-corrected chi connectivity index (χ1v) is 23.7. The van der Waals surface area contributed by atoms with Gasteiger partial charge in [-0.05, 0) is 87.5 Å². The number of para-hydroxylation sites is 1. The van der Waals surface area contributed by atoms with Crippen LogP contribution < -0.4 is 9.47 Å². The minimum Gasteiger partial charge on any atom is -0.444 e. The van der Waals surface area contributed by atoms with Gasteiger partial charge in [0.1, 0.15) is 29.7 Å². The van der Waals surface area contributed by atoms with Crippen LogP contribution in [0.5, 0.6) is 11.5 Å². The minimum absolute atomic E-state index is 0.154. The van der Waals surface area contributed by atoms with Crippen molar-refractivity contribution in [1.82, 2.24) is 34.2 Å². The van der Waals surface area contributed by atoms with Gasteiger partial charge in [0.25, 0.3) is 5.79 Å². The molecule has 1 unspecified atom stereocenters. The normalized spacial score (nSPS) is 21.4. The van der Waals surface area contributed by atoms with Crippen molar-refractivity contribution < 1.29 is 23.3 Å². The van der Waals surface area contributed by atoms with Gasteiger partial charge in [0.15, 0.2) is 23.0 Å². The van der Waals surface area contributed by atoms with E-state index in [4.69, 9.17) is 28.9 Å². The molecule has 0 radical (unpaired) electrons. The Hall–Kier alpha value is -4.68. The number of likely N-dealkylation sites (tertiary alicyclic amines) is 1. The van der Waals surface area contributed by atoms with Crippen molar-refractivity contribution in [3.8, 4) is 29.0 Å². The molecule has 1 aliphatic carbocycles. The van der Waals surface area contributed by atoms with Crippen LogP contribution in [-0.2, 0) is 35.1 Å². The molecule has 5 aromatic rings. The van der Waals surface area contributed by atoms with Gasteiger partial charge >= 0.3 is 0 Å². The van der Waals surface area contributed by atoms with Gasteiger partial charge in [-0.3, -0.25) is 9.47 Å². The quantitative estimate of drug-likeness (QED) is 0.0868. The number of halogens is 1. The fourth-order valence-electron chi connectivity index (χ4n) is 8.09. The Morgan fingerprint density at radius 1 is 1.00 bits per heavy atom. The van der Waals surface area contributed by atoms with E-state index in [-0.39, 0.29) is 23.1 Å². The maximum atomic E-state index is 15.1. The summed E-state index contributed by atoms with van der Waals surface area (Å²) in [4.78, 5) is 12.7. The summed E-state index contributed by atoms with van der Waals surface area (Å²) >= 11 is 0. The first-order valence-electron chi connectivity index (χ1n) is 20.0. The minimum atomic E-state index is -1.33. The second kappa shape index (κ2) is 14.7. The molecule has 0 N–H and O–H groups in total. The largest absolute Gasteiger partial charge is 0.444 e. The predicted octanol–water partition coefficient (Wildman–Crippen LogP) is 7.70. The summed E-state index contributed by atoms with van der Waals surface area (Å²) in [5, 5.41) is 18.5. The molecule has 14 heteroatoms. The van der Waals surface area contributed by atoms with Crippen molar-refractivity contribution in [2.24, 2.45) is 0 Å². The molecule has 3 aliphatic heterocycles. The zero-order valence-corrected chi connectivity index (χ0v) is 33.6. The predicted molar refractivity (Wildman–Crippen MR) is 210 cm³/mol. The number of nitriles is 1. The van der Waals surface area contributed by atoms with Gasteiger partial charge in [0.05, 0.1) is 36.4 Å². The maximum Gasteiger partial charge on any atom is 0.278 e. The second-order valence-electron chi connectivity index (χ2n) is 17.1. The molecule has 56 heavy (non-hydrogen) atoms. The summed E-state index contributed by atoms with van der Waals surface area (Å²) in [6, 6.07) is 15.5. The van der Waals surface area contributed by atoms with Crippen molar-refractivity contribution >= 4 is 19.2 Å². The number of rotatable bonds is 13. The van der Waals surface area contributed by atoms with Crippen LogP contribution in [0.3, 0.4) is 0 Å². The molecule has 3 fully saturated rings. The summed E-state index contributed by atoms with van der Waals surface area (Å²) in [6.45, 7) is 14.0. The Bertz CT molecular complexity index is 2300.